The highest BCUT2D eigenvalue weighted by Gasteiger charge is 2.27. The number of carboxylic acids is 1. The van der Waals surface area contributed by atoms with Gasteiger partial charge in [0.2, 0.25) is 0 Å². The van der Waals surface area contributed by atoms with E-state index in [9.17, 15) is 4.79 Å². The lowest BCUT2D eigenvalue weighted by Gasteiger charge is -2.37. The first-order valence-electron chi connectivity index (χ1n) is 5.73. The molecule has 0 spiro atoms. The molecule has 15 heavy (non-hydrogen) atoms. The zero-order chi connectivity index (χ0) is 11.4. The molecule has 0 bridgehead atoms. The summed E-state index contributed by atoms with van der Waals surface area (Å²) in [7, 11) is 1.92. The molecule has 1 aliphatic heterocycles. The molecule has 0 aliphatic carbocycles. The number of hydrogen-bond donors (Lipinski definition) is 1. The summed E-state index contributed by atoms with van der Waals surface area (Å²) in [4.78, 5) is 15.3. The van der Waals surface area contributed by atoms with Gasteiger partial charge in [0.05, 0.1) is 0 Å². The van der Waals surface area contributed by atoms with Gasteiger partial charge in [0.1, 0.15) is 6.04 Å². The van der Waals surface area contributed by atoms with E-state index >= 15 is 0 Å². The summed E-state index contributed by atoms with van der Waals surface area (Å²) >= 11 is 0. The van der Waals surface area contributed by atoms with Crippen LogP contribution in [0.3, 0.4) is 0 Å². The van der Waals surface area contributed by atoms with Gasteiger partial charge in [-0.1, -0.05) is 6.92 Å². The molecule has 1 saturated heterocycles. The number of carboxylic acid groups (broad SMARTS) is 1. The van der Waals surface area contributed by atoms with Crippen LogP contribution in [-0.4, -0.2) is 59.6 Å². The van der Waals surface area contributed by atoms with Gasteiger partial charge >= 0.3 is 5.97 Å². The van der Waals surface area contributed by atoms with Crippen molar-refractivity contribution >= 4 is 5.97 Å². The molecule has 0 amide bonds. The maximum atomic E-state index is 10.9. The molecule has 4 nitrogen and oxygen atoms in total. The van der Waals surface area contributed by atoms with E-state index in [1.165, 1.54) is 0 Å². The first kappa shape index (κ1) is 12.5. The van der Waals surface area contributed by atoms with Gasteiger partial charge in [-0.3, -0.25) is 9.69 Å². The van der Waals surface area contributed by atoms with Crippen molar-refractivity contribution in [3.8, 4) is 0 Å². The predicted octanol–water partition coefficient (Wildman–Crippen LogP) is 0.876. The molecule has 1 heterocycles. The van der Waals surface area contributed by atoms with E-state index in [0.717, 1.165) is 32.5 Å². The summed E-state index contributed by atoms with van der Waals surface area (Å²) in [5.41, 5.74) is 0. The third-order valence-corrected chi connectivity index (χ3v) is 3.55. The van der Waals surface area contributed by atoms with Crippen molar-refractivity contribution < 1.29 is 9.90 Å². The Labute approximate surface area is 91.9 Å². The van der Waals surface area contributed by atoms with Crippen LogP contribution in [0.1, 0.15) is 26.7 Å². The number of rotatable bonds is 4. The van der Waals surface area contributed by atoms with Crippen LogP contribution in [0.25, 0.3) is 0 Å². The zero-order valence-corrected chi connectivity index (χ0v) is 9.94. The zero-order valence-electron chi connectivity index (χ0n) is 9.94. The fourth-order valence-corrected chi connectivity index (χ4v) is 2.13. The quantitative estimate of drug-likeness (QED) is 0.754. The molecular weight excluding hydrogens is 192 g/mol. The number of likely N-dealkylation sites (tertiary alicyclic amines) is 1. The van der Waals surface area contributed by atoms with Crippen molar-refractivity contribution in [1.29, 1.82) is 0 Å². The van der Waals surface area contributed by atoms with Gasteiger partial charge in [-0.25, -0.2) is 0 Å². The van der Waals surface area contributed by atoms with E-state index in [0.29, 0.717) is 6.04 Å². The molecule has 1 aliphatic rings. The number of hydrogen-bond acceptors (Lipinski definition) is 3. The van der Waals surface area contributed by atoms with Crippen LogP contribution < -0.4 is 0 Å². The maximum Gasteiger partial charge on any atom is 0.320 e. The lowest BCUT2D eigenvalue weighted by atomic mass is 10.0. The van der Waals surface area contributed by atoms with Crippen molar-refractivity contribution in [2.45, 2.75) is 38.8 Å². The fraction of sp³-hybridized carbons (Fsp3) is 0.909. The fourth-order valence-electron chi connectivity index (χ4n) is 2.13. The number of nitrogens with zero attached hydrogens (tertiary/aromatic N) is 2. The molecule has 0 aromatic heterocycles. The SMILES string of the molecule is CCN1CCC(N(C)C(C)C(=O)O)CC1. The lowest BCUT2D eigenvalue weighted by molar-refractivity contribution is -0.143. The second-order valence-electron chi connectivity index (χ2n) is 4.35. The molecule has 1 atom stereocenters. The van der Waals surface area contributed by atoms with E-state index in [1.807, 2.05) is 11.9 Å². The normalized spacial score (nSPS) is 21.9. The van der Waals surface area contributed by atoms with Crippen LogP contribution >= 0.6 is 0 Å². The molecule has 0 aromatic carbocycles. The standard InChI is InChI=1S/C11H22N2O2/c1-4-13-7-5-10(6-8-13)12(3)9(2)11(14)15/h9-10H,4-8H2,1-3H3,(H,14,15). The molecule has 1 rings (SSSR count). The van der Waals surface area contributed by atoms with Crippen molar-refractivity contribution in [3.63, 3.8) is 0 Å². The summed E-state index contributed by atoms with van der Waals surface area (Å²) in [6.07, 6.45) is 2.17. The first-order chi connectivity index (χ1) is 7.06. The van der Waals surface area contributed by atoms with Gasteiger partial charge < -0.3 is 10.0 Å². The minimum Gasteiger partial charge on any atom is -0.480 e. The van der Waals surface area contributed by atoms with Gasteiger partial charge in [0.15, 0.2) is 0 Å². The average Bonchev–Trinajstić information content (AvgIpc) is 2.27. The highest BCUT2D eigenvalue weighted by atomic mass is 16.4. The Kier molecular flexibility index (Phi) is 4.54. The molecular formula is C11H22N2O2. The van der Waals surface area contributed by atoms with Gasteiger partial charge in [0, 0.05) is 6.04 Å². The number of aliphatic carboxylic acids is 1. The second kappa shape index (κ2) is 5.47. The van der Waals surface area contributed by atoms with E-state index in [-0.39, 0.29) is 6.04 Å². The summed E-state index contributed by atoms with van der Waals surface area (Å²) in [6.45, 7) is 7.22. The minimum atomic E-state index is -0.726. The molecule has 1 fully saturated rings. The summed E-state index contributed by atoms with van der Waals surface area (Å²) in [5.74, 6) is -0.726. The minimum absolute atomic E-state index is 0.372. The summed E-state index contributed by atoms with van der Waals surface area (Å²) in [6, 6.07) is 0.0575. The van der Waals surface area contributed by atoms with Crippen LogP contribution in [0.4, 0.5) is 0 Å². The van der Waals surface area contributed by atoms with Gasteiger partial charge in [0.25, 0.3) is 0 Å². The molecule has 0 aromatic rings. The smallest absolute Gasteiger partial charge is 0.320 e. The highest BCUT2D eigenvalue weighted by Crippen LogP contribution is 2.17. The Morgan fingerprint density at radius 3 is 2.47 bits per heavy atom. The molecule has 1 N–H and O–H groups in total. The molecule has 88 valence electrons. The number of likely N-dealkylation sites (N-methyl/N-ethyl adjacent to an activating group) is 1. The molecule has 1 unspecified atom stereocenters. The van der Waals surface area contributed by atoms with Crippen LogP contribution in [0.2, 0.25) is 0 Å². The van der Waals surface area contributed by atoms with E-state index in [4.69, 9.17) is 5.11 Å². The van der Waals surface area contributed by atoms with Gasteiger partial charge in [-0.15, -0.1) is 0 Å². The van der Waals surface area contributed by atoms with Crippen LogP contribution in [0, 0.1) is 0 Å². The second-order valence-corrected chi connectivity index (χ2v) is 4.35. The third kappa shape index (κ3) is 3.18. The Balaban J connectivity index is 2.42. The topological polar surface area (TPSA) is 43.8 Å². The van der Waals surface area contributed by atoms with Crippen molar-refractivity contribution in [2.24, 2.45) is 0 Å². The average molecular weight is 214 g/mol. The number of piperidine rings is 1. The Hall–Kier alpha value is -0.610. The number of carbonyl (C=O) groups is 1. The van der Waals surface area contributed by atoms with E-state index < -0.39 is 5.97 Å². The van der Waals surface area contributed by atoms with E-state index in [1.54, 1.807) is 6.92 Å². The predicted molar refractivity (Wildman–Crippen MR) is 60.0 cm³/mol. The van der Waals surface area contributed by atoms with Crippen LogP contribution in [0.15, 0.2) is 0 Å². The monoisotopic (exact) mass is 214 g/mol. The summed E-state index contributed by atoms with van der Waals surface area (Å²) in [5, 5.41) is 8.93. The maximum absolute atomic E-state index is 10.9. The van der Waals surface area contributed by atoms with Crippen LogP contribution in [-0.2, 0) is 4.79 Å². The Morgan fingerprint density at radius 1 is 1.53 bits per heavy atom. The summed E-state index contributed by atoms with van der Waals surface area (Å²) < 4.78 is 0. The van der Waals surface area contributed by atoms with Crippen molar-refractivity contribution in [2.75, 3.05) is 26.7 Å². The highest BCUT2D eigenvalue weighted by molar-refractivity contribution is 5.72. The van der Waals surface area contributed by atoms with E-state index in [2.05, 4.69) is 11.8 Å². The third-order valence-electron chi connectivity index (χ3n) is 3.55. The van der Waals surface area contributed by atoms with Crippen molar-refractivity contribution in [3.05, 3.63) is 0 Å². The first-order valence-corrected chi connectivity index (χ1v) is 5.73. The van der Waals surface area contributed by atoms with Crippen LogP contribution in [0.5, 0.6) is 0 Å². The molecule has 4 heteroatoms. The van der Waals surface area contributed by atoms with Crippen molar-refractivity contribution in [1.82, 2.24) is 9.80 Å². The van der Waals surface area contributed by atoms with Gasteiger partial charge in [-0.2, -0.15) is 0 Å². The Morgan fingerprint density at radius 2 is 2.07 bits per heavy atom. The largest absolute Gasteiger partial charge is 0.480 e. The Bertz CT molecular complexity index is 213. The lowest BCUT2D eigenvalue weighted by Crippen LogP contribution is -2.48. The van der Waals surface area contributed by atoms with Gasteiger partial charge in [-0.05, 0) is 46.4 Å². The molecule has 0 saturated carbocycles. The molecule has 0 radical (unpaired) electrons.